The standard InChI is InChI=1S/C14H18F3N/c1-3-13(2)11(8-12(13)18)9-5-4-6-10(7-9)14(15,16)17/h4-7,11-12H,3,8,18H2,1-2H3. The van der Waals surface area contributed by atoms with Crippen LogP contribution in [0, 0.1) is 5.41 Å². The van der Waals surface area contributed by atoms with E-state index in [1.165, 1.54) is 12.1 Å². The predicted molar refractivity (Wildman–Crippen MR) is 65.2 cm³/mol. The highest BCUT2D eigenvalue weighted by atomic mass is 19.4. The van der Waals surface area contributed by atoms with Crippen molar-refractivity contribution < 1.29 is 13.2 Å². The monoisotopic (exact) mass is 257 g/mol. The summed E-state index contributed by atoms with van der Waals surface area (Å²) < 4.78 is 38.0. The number of hydrogen-bond acceptors (Lipinski definition) is 1. The second-order valence-electron chi connectivity index (χ2n) is 5.38. The number of halogens is 3. The molecule has 3 atom stereocenters. The first kappa shape index (κ1) is 13.4. The van der Waals surface area contributed by atoms with Crippen LogP contribution in [0.3, 0.4) is 0 Å². The van der Waals surface area contributed by atoms with Gasteiger partial charge in [-0.05, 0) is 35.8 Å². The molecule has 0 saturated heterocycles. The van der Waals surface area contributed by atoms with Gasteiger partial charge in [0.1, 0.15) is 0 Å². The van der Waals surface area contributed by atoms with Crippen LogP contribution in [0.1, 0.15) is 43.7 Å². The molecule has 18 heavy (non-hydrogen) atoms. The Morgan fingerprint density at radius 2 is 2.06 bits per heavy atom. The Kier molecular flexibility index (Phi) is 3.18. The van der Waals surface area contributed by atoms with Crippen molar-refractivity contribution in [3.05, 3.63) is 35.4 Å². The predicted octanol–water partition coefficient (Wildman–Crippen LogP) is 3.94. The third kappa shape index (κ3) is 2.03. The Hall–Kier alpha value is -1.03. The van der Waals surface area contributed by atoms with Crippen molar-refractivity contribution in [2.75, 3.05) is 0 Å². The minimum Gasteiger partial charge on any atom is -0.327 e. The fourth-order valence-corrected chi connectivity index (χ4v) is 2.85. The van der Waals surface area contributed by atoms with Crippen molar-refractivity contribution in [3.63, 3.8) is 0 Å². The SMILES string of the molecule is CCC1(C)C(N)CC1c1cccc(C(F)(F)F)c1. The molecule has 0 bridgehead atoms. The first-order chi connectivity index (χ1) is 8.29. The first-order valence-corrected chi connectivity index (χ1v) is 6.21. The Bertz CT molecular complexity index is 441. The molecule has 0 aromatic heterocycles. The van der Waals surface area contributed by atoms with Crippen LogP contribution >= 0.6 is 0 Å². The van der Waals surface area contributed by atoms with Crippen LogP contribution in [0.15, 0.2) is 24.3 Å². The summed E-state index contributed by atoms with van der Waals surface area (Å²) in [6.07, 6.45) is -2.62. The molecule has 1 aromatic rings. The average Bonchev–Trinajstić information content (AvgIpc) is 2.33. The summed E-state index contributed by atoms with van der Waals surface area (Å²) in [7, 11) is 0. The minimum absolute atomic E-state index is 0.0791. The maximum absolute atomic E-state index is 12.7. The highest BCUT2D eigenvalue weighted by Gasteiger charge is 2.49. The second-order valence-corrected chi connectivity index (χ2v) is 5.38. The van der Waals surface area contributed by atoms with Gasteiger partial charge in [0.25, 0.3) is 0 Å². The molecule has 4 heteroatoms. The van der Waals surface area contributed by atoms with Gasteiger partial charge in [0.15, 0.2) is 0 Å². The number of nitrogens with two attached hydrogens (primary N) is 1. The van der Waals surface area contributed by atoms with Gasteiger partial charge in [0, 0.05) is 6.04 Å². The lowest BCUT2D eigenvalue weighted by molar-refractivity contribution is -0.137. The fraction of sp³-hybridized carbons (Fsp3) is 0.571. The van der Waals surface area contributed by atoms with E-state index in [2.05, 4.69) is 6.92 Å². The third-order valence-electron chi connectivity index (χ3n) is 4.51. The molecule has 1 fully saturated rings. The van der Waals surface area contributed by atoms with Crippen LogP contribution in [0.5, 0.6) is 0 Å². The molecule has 1 saturated carbocycles. The molecule has 1 aliphatic carbocycles. The van der Waals surface area contributed by atoms with Gasteiger partial charge in [0.2, 0.25) is 0 Å². The van der Waals surface area contributed by atoms with E-state index in [0.717, 1.165) is 24.5 Å². The summed E-state index contributed by atoms with van der Waals surface area (Å²) in [6.45, 7) is 4.10. The zero-order chi connectivity index (χ0) is 13.6. The van der Waals surface area contributed by atoms with Gasteiger partial charge in [0.05, 0.1) is 5.56 Å². The quantitative estimate of drug-likeness (QED) is 0.853. The molecule has 1 aliphatic rings. The van der Waals surface area contributed by atoms with Gasteiger partial charge in [-0.3, -0.25) is 0 Å². The second kappa shape index (κ2) is 4.26. The van der Waals surface area contributed by atoms with Crippen LogP contribution in [0.25, 0.3) is 0 Å². The molecule has 1 aromatic carbocycles. The van der Waals surface area contributed by atoms with Crippen LogP contribution in [-0.4, -0.2) is 6.04 Å². The highest BCUT2D eigenvalue weighted by molar-refractivity contribution is 5.32. The maximum atomic E-state index is 12.7. The van der Waals surface area contributed by atoms with Crippen molar-refractivity contribution in [1.29, 1.82) is 0 Å². The van der Waals surface area contributed by atoms with E-state index in [0.29, 0.717) is 0 Å². The Balaban J connectivity index is 2.31. The van der Waals surface area contributed by atoms with Gasteiger partial charge in [-0.25, -0.2) is 0 Å². The number of rotatable bonds is 2. The Morgan fingerprint density at radius 1 is 1.39 bits per heavy atom. The van der Waals surface area contributed by atoms with E-state index in [1.54, 1.807) is 6.07 Å². The fourth-order valence-electron chi connectivity index (χ4n) is 2.85. The molecule has 2 rings (SSSR count). The summed E-state index contributed by atoms with van der Waals surface area (Å²) in [5, 5.41) is 0. The topological polar surface area (TPSA) is 26.0 Å². The third-order valence-corrected chi connectivity index (χ3v) is 4.51. The van der Waals surface area contributed by atoms with E-state index in [4.69, 9.17) is 5.73 Å². The van der Waals surface area contributed by atoms with Crippen molar-refractivity contribution in [1.82, 2.24) is 0 Å². The molecule has 0 spiro atoms. The van der Waals surface area contributed by atoms with Gasteiger partial charge < -0.3 is 5.73 Å². The van der Waals surface area contributed by atoms with Crippen molar-refractivity contribution >= 4 is 0 Å². The maximum Gasteiger partial charge on any atom is 0.416 e. The Morgan fingerprint density at radius 3 is 2.56 bits per heavy atom. The lowest BCUT2D eigenvalue weighted by Gasteiger charge is -2.53. The molecular weight excluding hydrogens is 239 g/mol. The summed E-state index contributed by atoms with van der Waals surface area (Å²) >= 11 is 0. The van der Waals surface area contributed by atoms with Gasteiger partial charge in [-0.1, -0.05) is 32.0 Å². The van der Waals surface area contributed by atoms with Crippen LogP contribution in [0.4, 0.5) is 13.2 Å². The van der Waals surface area contributed by atoms with Crippen LogP contribution < -0.4 is 5.73 Å². The lowest BCUT2D eigenvalue weighted by Crippen LogP contribution is -2.54. The van der Waals surface area contributed by atoms with Crippen molar-refractivity contribution in [2.45, 2.75) is 44.8 Å². The average molecular weight is 257 g/mol. The minimum atomic E-state index is -4.27. The van der Waals surface area contributed by atoms with Crippen molar-refractivity contribution in [3.8, 4) is 0 Å². The summed E-state index contributed by atoms with van der Waals surface area (Å²) in [5.74, 6) is 0.139. The zero-order valence-corrected chi connectivity index (χ0v) is 10.6. The molecular formula is C14H18F3N. The number of alkyl halides is 3. The molecule has 100 valence electrons. The highest BCUT2D eigenvalue weighted by Crippen LogP contribution is 2.54. The molecule has 0 heterocycles. The summed E-state index contributed by atoms with van der Waals surface area (Å²) in [5.41, 5.74) is 6.11. The molecule has 0 amide bonds. The molecule has 3 unspecified atom stereocenters. The van der Waals surface area contributed by atoms with Gasteiger partial charge in [-0.2, -0.15) is 13.2 Å². The van der Waals surface area contributed by atoms with Crippen LogP contribution in [-0.2, 0) is 6.18 Å². The number of benzene rings is 1. The summed E-state index contributed by atoms with van der Waals surface area (Å²) in [6, 6.07) is 5.73. The van der Waals surface area contributed by atoms with Crippen molar-refractivity contribution in [2.24, 2.45) is 11.1 Å². The Labute approximate surface area is 105 Å². The molecule has 1 nitrogen and oxygen atoms in total. The van der Waals surface area contributed by atoms with E-state index in [1.807, 2.05) is 6.92 Å². The van der Waals surface area contributed by atoms with E-state index >= 15 is 0 Å². The largest absolute Gasteiger partial charge is 0.416 e. The molecule has 2 N–H and O–H groups in total. The van der Waals surface area contributed by atoms with E-state index < -0.39 is 11.7 Å². The van der Waals surface area contributed by atoms with Gasteiger partial charge in [-0.15, -0.1) is 0 Å². The normalized spacial score (nSPS) is 32.1. The lowest BCUT2D eigenvalue weighted by atomic mass is 9.54. The first-order valence-electron chi connectivity index (χ1n) is 6.21. The van der Waals surface area contributed by atoms with E-state index in [9.17, 15) is 13.2 Å². The molecule has 0 aliphatic heterocycles. The van der Waals surface area contributed by atoms with E-state index in [-0.39, 0.29) is 17.4 Å². The smallest absolute Gasteiger partial charge is 0.327 e. The number of hydrogen-bond donors (Lipinski definition) is 1. The zero-order valence-electron chi connectivity index (χ0n) is 10.6. The van der Waals surface area contributed by atoms with Crippen LogP contribution in [0.2, 0.25) is 0 Å². The summed E-state index contributed by atoms with van der Waals surface area (Å²) in [4.78, 5) is 0. The molecule has 0 radical (unpaired) electrons. The van der Waals surface area contributed by atoms with Gasteiger partial charge >= 0.3 is 6.18 Å².